The van der Waals surface area contributed by atoms with Gasteiger partial charge in [-0.05, 0) is 49.8 Å². The Morgan fingerprint density at radius 3 is 2.50 bits per heavy atom. The molecular weight excluding hydrogens is 356 g/mol. The van der Waals surface area contributed by atoms with E-state index in [-0.39, 0.29) is 24.8 Å². The van der Waals surface area contributed by atoms with Gasteiger partial charge in [0.15, 0.2) is 0 Å². The van der Waals surface area contributed by atoms with Crippen LogP contribution in [0.3, 0.4) is 0 Å². The Morgan fingerprint density at radius 1 is 1.07 bits per heavy atom. The maximum Gasteiger partial charge on any atom is 0.307 e. The second kappa shape index (κ2) is 11.5. The summed E-state index contributed by atoms with van der Waals surface area (Å²) in [5, 5.41) is 0. The number of carbonyl (C=O) groups is 2. The molecule has 0 saturated carbocycles. The third-order valence-corrected chi connectivity index (χ3v) is 3.89. The zero-order valence-corrected chi connectivity index (χ0v) is 16.3. The molecule has 148 valence electrons. The van der Waals surface area contributed by atoms with Crippen LogP contribution < -0.4 is 4.74 Å². The van der Waals surface area contributed by atoms with Gasteiger partial charge in [0.25, 0.3) is 0 Å². The molecule has 1 heterocycles. The van der Waals surface area contributed by atoms with Crippen molar-refractivity contribution in [1.82, 2.24) is 9.88 Å². The molecule has 0 aliphatic carbocycles. The highest BCUT2D eigenvalue weighted by Gasteiger charge is 2.14. The Kier molecular flexibility index (Phi) is 8.72. The van der Waals surface area contributed by atoms with Gasteiger partial charge in [-0.25, -0.2) is 0 Å². The van der Waals surface area contributed by atoms with E-state index in [0.717, 1.165) is 17.0 Å². The average molecular weight is 382 g/mol. The van der Waals surface area contributed by atoms with Crippen molar-refractivity contribution in [3.8, 4) is 5.75 Å². The Hall–Kier alpha value is -3.15. The lowest BCUT2D eigenvalue weighted by atomic mass is 10.2. The Labute approximate surface area is 165 Å². The number of pyridine rings is 1. The summed E-state index contributed by atoms with van der Waals surface area (Å²) in [5.41, 5.74) is 1.65. The van der Waals surface area contributed by atoms with Crippen LogP contribution in [0.4, 0.5) is 0 Å². The molecule has 0 aliphatic rings. The lowest BCUT2D eigenvalue weighted by molar-refractivity contribution is -0.143. The third-order valence-electron chi connectivity index (χ3n) is 3.89. The van der Waals surface area contributed by atoms with Crippen molar-refractivity contribution in [2.75, 3.05) is 19.8 Å². The normalized spacial score (nSPS) is 10.6. The van der Waals surface area contributed by atoms with E-state index in [2.05, 4.69) is 4.98 Å². The van der Waals surface area contributed by atoms with Gasteiger partial charge in [0.05, 0.1) is 31.9 Å². The van der Waals surface area contributed by atoms with Gasteiger partial charge in [0.2, 0.25) is 5.91 Å². The maximum absolute atomic E-state index is 12.7. The topological polar surface area (TPSA) is 68.7 Å². The summed E-state index contributed by atoms with van der Waals surface area (Å²) in [6, 6.07) is 13.0. The van der Waals surface area contributed by atoms with Crippen LogP contribution in [-0.4, -0.2) is 41.5 Å². The molecule has 0 fully saturated rings. The van der Waals surface area contributed by atoms with Gasteiger partial charge in [-0.2, -0.15) is 0 Å². The molecule has 28 heavy (non-hydrogen) atoms. The van der Waals surface area contributed by atoms with E-state index in [1.165, 1.54) is 6.08 Å². The first-order valence-electron chi connectivity index (χ1n) is 9.37. The Balaban J connectivity index is 2.04. The SMILES string of the molecule is CCOC(=O)CCN(Cc1ccccn1)C(=O)/C=C/c1ccc(OCC)cc1. The fourth-order valence-corrected chi connectivity index (χ4v) is 2.53. The highest BCUT2D eigenvalue weighted by atomic mass is 16.5. The number of carbonyl (C=O) groups excluding carboxylic acids is 2. The molecule has 0 radical (unpaired) electrons. The molecule has 0 spiro atoms. The smallest absolute Gasteiger partial charge is 0.307 e. The fraction of sp³-hybridized carbons (Fsp3) is 0.318. The van der Waals surface area contributed by atoms with Gasteiger partial charge < -0.3 is 14.4 Å². The van der Waals surface area contributed by atoms with Gasteiger partial charge in [0, 0.05) is 18.8 Å². The molecule has 0 unspecified atom stereocenters. The molecule has 0 bridgehead atoms. The van der Waals surface area contributed by atoms with Crippen LogP contribution in [0.15, 0.2) is 54.7 Å². The summed E-state index contributed by atoms with van der Waals surface area (Å²) >= 11 is 0. The largest absolute Gasteiger partial charge is 0.494 e. The Morgan fingerprint density at radius 2 is 1.86 bits per heavy atom. The fourth-order valence-electron chi connectivity index (χ4n) is 2.53. The lowest BCUT2D eigenvalue weighted by Crippen LogP contribution is -2.31. The van der Waals surface area contributed by atoms with E-state index < -0.39 is 0 Å². The van der Waals surface area contributed by atoms with Crippen LogP contribution >= 0.6 is 0 Å². The number of nitrogens with zero attached hydrogens (tertiary/aromatic N) is 2. The van der Waals surface area contributed by atoms with E-state index in [1.54, 1.807) is 24.1 Å². The number of aromatic nitrogens is 1. The standard InChI is InChI=1S/C22H26N2O4/c1-3-27-20-11-8-18(9-12-20)10-13-21(25)24(16-14-22(26)28-4-2)17-19-7-5-6-15-23-19/h5-13,15H,3-4,14,16-17H2,1-2H3/b13-10+. The van der Waals surface area contributed by atoms with Crippen molar-refractivity contribution in [1.29, 1.82) is 0 Å². The van der Waals surface area contributed by atoms with Crippen molar-refractivity contribution in [3.63, 3.8) is 0 Å². The van der Waals surface area contributed by atoms with Crippen LogP contribution in [0.25, 0.3) is 6.08 Å². The highest BCUT2D eigenvalue weighted by Crippen LogP contribution is 2.13. The quantitative estimate of drug-likeness (QED) is 0.465. The molecule has 1 aromatic heterocycles. The lowest BCUT2D eigenvalue weighted by Gasteiger charge is -2.20. The number of ether oxygens (including phenoxy) is 2. The molecule has 2 rings (SSSR count). The second-order valence-corrected chi connectivity index (χ2v) is 5.97. The van der Waals surface area contributed by atoms with Crippen LogP contribution in [-0.2, 0) is 20.9 Å². The Bertz CT molecular complexity index is 773. The first kappa shape index (κ1) is 21.2. The second-order valence-electron chi connectivity index (χ2n) is 5.97. The average Bonchev–Trinajstić information content (AvgIpc) is 2.71. The monoisotopic (exact) mass is 382 g/mol. The third kappa shape index (κ3) is 7.23. The van der Waals surface area contributed by atoms with Crippen molar-refractivity contribution in [2.24, 2.45) is 0 Å². The number of esters is 1. The van der Waals surface area contributed by atoms with Gasteiger partial charge in [-0.1, -0.05) is 18.2 Å². The van der Waals surface area contributed by atoms with Crippen molar-refractivity contribution in [3.05, 3.63) is 66.0 Å². The number of amides is 1. The molecule has 2 aromatic rings. The minimum atomic E-state index is -0.322. The van der Waals surface area contributed by atoms with Crippen molar-refractivity contribution >= 4 is 18.0 Å². The predicted molar refractivity (Wildman–Crippen MR) is 108 cm³/mol. The number of hydrogen-bond donors (Lipinski definition) is 0. The summed E-state index contributed by atoms with van der Waals surface area (Å²) in [6.45, 7) is 5.21. The van der Waals surface area contributed by atoms with E-state index in [9.17, 15) is 9.59 Å². The minimum Gasteiger partial charge on any atom is -0.494 e. The maximum atomic E-state index is 12.7. The predicted octanol–water partition coefficient (Wildman–Crippen LogP) is 3.48. The number of rotatable bonds is 10. The summed E-state index contributed by atoms with van der Waals surface area (Å²) in [7, 11) is 0. The minimum absolute atomic E-state index is 0.142. The van der Waals surface area contributed by atoms with Gasteiger partial charge in [0.1, 0.15) is 5.75 Å². The highest BCUT2D eigenvalue weighted by molar-refractivity contribution is 5.92. The van der Waals surface area contributed by atoms with Crippen molar-refractivity contribution < 1.29 is 19.1 Å². The molecule has 0 atom stereocenters. The number of benzene rings is 1. The molecule has 0 N–H and O–H groups in total. The van der Waals surface area contributed by atoms with E-state index in [0.29, 0.717) is 19.8 Å². The van der Waals surface area contributed by atoms with Crippen LogP contribution in [0.5, 0.6) is 5.75 Å². The molecule has 6 heteroatoms. The molecular formula is C22H26N2O4. The van der Waals surface area contributed by atoms with Crippen LogP contribution in [0.2, 0.25) is 0 Å². The van der Waals surface area contributed by atoms with Crippen LogP contribution in [0.1, 0.15) is 31.5 Å². The van der Waals surface area contributed by atoms with Crippen LogP contribution in [0, 0.1) is 0 Å². The molecule has 0 aliphatic heterocycles. The van der Waals surface area contributed by atoms with E-state index >= 15 is 0 Å². The molecule has 1 amide bonds. The number of hydrogen-bond acceptors (Lipinski definition) is 5. The summed E-state index contributed by atoms with van der Waals surface area (Å²) < 4.78 is 10.4. The van der Waals surface area contributed by atoms with Gasteiger partial charge in [-0.3, -0.25) is 14.6 Å². The summed E-state index contributed by atoms with van der Waals surface area (Å²) in [6.07, 6.45) is 5.07. The van der Waals surface area contributed by atoms with E-state index in [1.807, 2.05) is 49.4 Å². The van der Waals surface area contributed by atoms with Gasteiger partial charge >= 0.3 is 5.97 Å². The molecule has 0 saturated heterocycles. The summed E-state index contributed by atoms with van der Waals surface area (Å²) in [5.74, 6) is 0.276. The van der Waals surface area contributed by atoms with Gasteiger partial charge in [-0.15, -0.1) is 0 Å². The van der Waals surface area contributed by atoms with Crippen molar-refractivity contribution in [2.45, 2.75) is 26.8 Å². The zero-order valence-electron chi connectivity index (χ0n) is 16.3. The first-order chi connectivity index (χ1) is 13.6. The summed E-state index contributed by atoms with van der Waals surface area (Å²) in [4.78, 5) is 30.2. The zero-order chi connectivity index (χ0) is 20.2. The molecule has 6 nitrogen and oxygen atoms in total. The first-order valence-corrected chi connectivity index (χ1v) is 9.37. The molecule has 1 aromatic carbocycles. The van der Waals surface area contributed by atoms with E-state index in [4.69, 9.17) is 9.47 Å².